The molecule has 1 N–H and O–H groups in total. The Bertz CT molecular complexity index is 934. The van der Waals surface area contributed by atoms with Crippen molar-refractivity contribution in [3.8, 4) is 12.1 Å². The number of aliphatic hydroxyl groups is 1. The lowest BCUT2D eigenvalue weighted by Gasteiger charge is -2.27. The van der Waals surface area contributed by atoms with Gasteiger partial charge in [0.2, 0.25) is 5.78 Å². The number of rotatable bonds is 1. The van der Waals surface area contributed by atoms with Crippen LogP contribution in [0, 0.1) is 22.7 Å². The largest absolute Gasteiger partial charge is 0.504 e. The number of likely N-dealkylation sites (N-methyl/N-ethyl adjacent to an activating group) is 1. The van der Waals surface area contributed by atoms with Gasteiger partial charge in [-0.05, 0) is 17.7 Å². The van der Waals surface area contributed by atoms with Gasteiger partial charge in [0.25, 0.3) is 0 Å². The average molecular weight is 317 g/mol. The number of hydrogen-bond donors (Lipinski definition) is 1. The normalized spacial score (nSPS) is 19.7. The van der Waals surface area contributed by atoms with E-state index >= 15 is 0 Å². The number of carbonyl (C=O) groups is 1. The Labute approximate surface area is 140 Å². The van der Waals surface area contributed by atoms with Crippen LogP contribution in [0.15, 0.2) is 58.5 Å². The topological polar surface area (TPSA) is 88.1 Å². The highest BCUT2D eigenvalue weighted by Crippen LogP contribution is 2.48. The Kier molecular flexibility index (Phi) is 3.32. The van der Waals surface area contributed by atoms with Gasteiger partial charge in [0.1, 0.15) is 17.7 Å². The van der Waals surface area contributed by atoms with E-state index in [9.17, 15) is 9.90 Å². The van der Waals surface area contributed by atoms with E-state index in [4.69, 9.17) is 10.5 Å². The van der Waals surface area contributed by atoms with Crippen LogP contribution in [-0.2, 0) is 10.2 Å². The number of benzene rings is 1. The molecular weight excluding hydrogens is 302 g/mol. The highest BCUT2D eigenvalue weighted by atomic mass is 16.3. The number of anilines is 1. The van der Waals surface area contributed by atoms with Gasteiger partial charge in [-0.15, -0.1) is 0 Å². The molecule has 1 aromatic rings. The lowest BCUT2D eigenvalue weighted by Crippen LogP contribution is -2.27. The van der Waals surface area contributed by atoms with Gasteiger partial charge in [0.05, 0.1) is 5.57 Å². The first kappa shape index (κ1) is 15.6. The smallest absolute Gasteiger partial charge is 0.230 e. The molecule has 1 aliphatic heterocycles. The molecule has 1 aromatic carbocycles. The highest BCUT2D eigenvalue weighted by Gasteiger charge is 2.41. The number of nitrogens with zero attached hydrogens (tertiary/aromatic N) is 3. The maximum Gasteiger partial charge on any atom is 0.230 e. The highest BCUT2D eigenvalue weighted by molar-refractivity contribution is 6.20. The van der Waals surface area contributed by atoms with E-state index in [1.807, 2.05) is 36.2 Å². The SMILES string of the molecule is CN1C(=CC2=C(O)C(=O)C2=C(C#N)C#N)C(C)(C)c2ccccc21. The summed E-state index contributed by atoms with van der Waals surface area (Å²) in [5, 5.41) is 28.0. The quantitative estimate of drug-likeness (QED) is 0.635. The van der Waals surface area contributed by atoms with Crippen LogP contribution < -0.4 is 4.90 Å². The summed E-state index contributed by atoms with van der Waals surface area (Å²) in [7, 11) is 1.91. The Hall–Kier alpha value is -3.31. The van der Waals surface area contributed by atoms with Gasteiger partial charge < -0.3 is 10.0 Å². The Morgan fingerprint density at radius 3 is 2.46 bits per heavy atom. The minimum absolute atomic E-state index is 0.00911. The molecule has 5 heteroatoms. The molecule has 3 rings (SSSR count). The summed E-state index contributed by atoms with van der Waals surface area (Å²) in [6.45, 7) is 4.11. The van der Waals surface area contributed by atoms with Crippen molar-refractivity contribution in [1.82, 2.24) is 0 Å². The number of allylic oxidation sites excluding steroid dienone is 5. The van der Waals surface area contributed by atoms with E-state index in [0.29, 0.717) is 0 Å². The summed E-state index contributed by atoms with van der Waals surface area (Å²) in [4.78, 5) is 13.8. The summed E-state index contributed by atoms with van der Waals surface area (Å²) in [5.74, 6) is -1.06. The minimum Gasteiger partial charge on any atom is -0.504 e. The number of nitriles is 2. The number of para-hydroxylation sites is 1. The molecule has 0 saturated carbocycles. The molecule has 24 heavy (non-hydrogen) atoms. The molecule has 1 aliphatic carbocycles. The fraction of sp³-hybridized carbons (Fsp3) is 0.211. The van der Waals surface area contributed by atoms with Gasteiger partial charge in [-0.1, -0.05) is 32.0 Å². The summed E-state index contributed by atoms with van der Waals surface area (Å²) in [5.41, 5.74) is 2.70. The van der Waals surface area contributed by atoms with Crippen LogP contribution in [-0.4, -0.2) is 17.9 Å². The molecule has 5 nitrogen and oxygen atoms in total. The number of ketones is 1. The average Bonchev–Trinajstić information content (AvgIpc) is 2.78. The van der Waals surface area contributed by atoms with E-state index in [0.717, 1.165) is 16.9 Å². The van der Waals surface area contributed by atoms with Crippen LogP contribution in [0.5, 0.6) is 0 Å². The first-order valence-electron chi connectivity index (χ1n) is 7.42. The van der Waals surface area contributed by atoms with E-state index in [1.165, 1.54) is 0 Å². The maximum atomic E-state index is 11.9. The second kappa shape index (κ2) is 5.11. The molecule has 118 valence electrons. The van der Waals surface area contributed by atoms with E-state index in [2.05, 4.69) is 13.8 Å². The number of carbonyl (C=O) groups excluding carboxylic acids is 1. The molecule has 0 radical (unpaired) electrons. The van der Waals surface area contributed by atoms with E-state index < -0.39 is 11.5 Å². The molecular formula is C19H15N3O2. The number of hydrogen-bond acceptors (Lipinski definition) is 5. The second-order valence-corrected chi connectivity index (χ2v) is 6.30. The Morgan fingerprint density at radius 2 is 1.88 bits per heavy atom. The summed E-state index contributed by atoms with van der Waals surface area (Å²) >= 11 is 0. The minimum atomic E-state index is -0.657. The fourth-order valence-electron chi connectivity index (χ4n) is 3.34. The van der Waals surface area contributed by atoms with Crippen molar-refractivity contribution in [2.24, 2.45) is 0 Å². The lowest BCUT2D eigenvalue weighted by molar-refractivity contribution is -0.115. The number of fused-ring (bicyclic) bond motifs is 1. The van der Waals surface area contributed by atoms with Crippen LogP contribution in [0.1, 0.15) is 19.4 Å². The van der Waals surface area contributed by atoms with Crippen molar-refractivity contribution >= 4 is 11.5 Å². The van der Waals surface area contributed by atoms with Gasteiger partial charge in [0.15, 0.2) is 5.76 Å². The zero-order valence-corrected chi connectivity index (χ0v) is 13.6. The van der Waals surface area contributed by atoms with Gasteiger partial charge in [0, 0.05) is 29.4 Å². The molecule has 2 aliphatic rings. The van der Waals surface area contributed by atoms with Crippen LogP contribution in [0.3, 0.4) is 0 Å². The third kappa shape index (κ3) is 1.89. The number of aliphatic hydroxyl groups excluding tert-OH is 1. The standard InChI is InChI=1S/C19H15N3O2/c1-19(2)13-6-4-5-7-14(13)22(3)15(19)8-12-16(11(9-20)10-21)18(24)17(12)23/h4-8,23H,1-3H3. The molecule has 0 amide bonds. The zero-order valence-electron chi connectivity index (χ0n) is 13.6. The van der Waals surface area contributed by atoms with E-state index in [1.54, 1.807) is 18.2 Å². The molecule has 0 fully saturated rings. The zero-order chi connectivity index (χ0) is 17.6. The first-order chi connectivity index (χ1) is 11.3. The molecule has 0 saturated heterocycles. The monoisotopic (exact) mass is 317 g/mol. The van der Waals surface area contributed by atoms with Crippen LogP contribution >= 0.6 is 0 Å². The summed E-state index contributed by atoms with van der Waals surface area (Å²) in [6, 6.07) is 11.4. The molecule has 0 bridgehead atoms. The van der Waals surface area contributed by atoms with Crippen LogP contribution in [0.25, 0.3) is 0 Å². The van der Waals surface area contributed by atoms with Crippen LogP contribution in [0.2, 0.25) is 0 Å². The van der Waals surface area contributed by atoms with Crippen LogP contribution in [0.4, 0.5) is 5.69 Å². The summed E-state index contributed by atoms with van der Waals surface area (Å²) in [6.07, 6.45) is 1.70. The third-order valence-electron chi connectivity index (χ3n) is 4.66. The number of Topliss-reactive ketones (excluding diaryl/α,β-unsaturated/α-hetero) is 1. The molecule has 0 spiro atoms. The van der Waals surface area contributed by atoms with Gasteiger partial charge >= 0.3 is 0 Å². The van der Waals surface area contributed by atoms with Crippen molar-refractivity contribution in [3.63, 3.8) is 0 Å². The van der Waals surface area contributed by atoms with Gasteiger partial charge in [-0.2, -0.15) is 10.5 Å². The second-order valence-electron chi connectivity index (χ2n) is 6.30. The Balaban J connectivity index is 2.18. The molecule has 1 heterocycles. The third-order valence-corrected chi connectivity index (χ3v) is 4.66. The molecule has 0 atom stereocenters. The molecule has 0 unspecified atom stereocenters. The van der Waals surface area contributed by atoms with Crippen molar-refractivity contribution in [2.45, 2.75) is 19.3 Å². The van der Waals surface area contributed by atoms with Crippen molar-refractivity contribution < 1.29 is 9.90 Å². The summed E-state index contributed by atoms with van der Waals surface area (Å²) < 4.78 is 0. The predicted molar refractivity (Wildman–Crippen MR) is 88.9 cm³/mol. The first-order valence-corrected chi connectivity index (χ1v) is 7.42. The van der Waals surface area contributed by atoms with Crippen molar-refractivity contribution in [1.29, 1.82) is 10.5 Å². The fourth-order valence-corrected chi connectivity index (χ4v) is 3.34. The van der Waals surface area contributed by atoms with Crippen molar-refractivity contribution in [3.05, 3.63) is 64.1 Å². The van der Waals surface area contributed by atoms with Gasteiger partial charge in [-0.3, -0.25) is 4.79 Å². The molecule has 0 aromatic heterocycles. The Morgan fingerprint density at radius 1 is 1.25 bits per heavy atom. The predicted octanol–water partition coefficient (Wildman–Crippen LogP) is 3.04. The van der Waals surface area contributed by atoms with Crippen molar-refractivity contribution in [2.75, 3.05) is 11.9 Å². The van der Waals surface area contributed by atoms with Gasteiger partial charge in [-0.25, -0.2) is 0 Å². The maximum absolute atomic E-state index is 11.9. The lowest BCUT2D eigenvalue weighted by atomic mass is 9.79. The van der Waals surface area contributed by atoms with E-state index in [-0.39, 0.29) is 22.1 Å².